The second kappa shape index (κ2) is 5.47. The smallest absolute Gasteiger partial charge is 0.241 e. The van der Waals surface area contributed by atoms with E-state index in [0.717, 1.165) is 5.57 Å². The van der Waals surface area contributed by atoms with Gasteiger partial charge in [0.2, 0.25) is 5.91 Å². The predicted octanol–water partition coefficient (Wildman–Crippen LogP) is 1.55. The molecule has 0 spiro atoms. The van der Waals surface area contributed by atoms with E-state index in [4.69, 9.17) is 5.73 Å². The largest absolute Gasteiger partial charge is 0.366 e. The van der Waals surface area contributed by atoms with Crippen molar-refractivity contribution in [1.82, 2.24) is 0 Å². The summed E-state index contributed by atoms with van der Waals surface area (Å²) < 4.78 is 0. The molecule has 0 aromatic rings. The molecule has 0 saturated carbocycles. The van der Waals surface area contributed by atoms with Crippen LogP contribution in [0.25, 0.3) is 0 Å². The summed E-state index contributed by atoms with van der Waals surface area (Å²) in [4.78, 5) is 10.3. The van der Waals surface area contributed by atoms with Gasteiger partial charge in [-0.2, -0.15) is 0 Å². The highest BCUT2D eigenvalue weighted by Gasteiger charge is 1.84. The van der Waals surface area contributed by atoms with Crippen molar-refractivity contribution in [3.8, 4) is 0 Å². The van der Waals surface area contributed by atoms with Gasteiger partial charge < -0.3 is 5.73 Å². The van der Waals surface area contributed by atoms with Crippen LogP contribution in [0.15, 0.2) is 36.0 Å². The van der Waals surface area contributed by atoms with Crippen molar-refractivity contribution in [3.05, 3.63) is 36.0 Å². The van der Waals surface area contributed by atoms with Gasteiger partial charge in [-0.1, -0.05) is 24.3 Å². The summed E-state index contributed by atoms with van der Waals surface area (Å²) in [5, 5.41) is 0. The second-order valence-corrected chi connectivity index (χ2v) is 2.18. The molecule has 60 valence electrons. The van der Waals surface area contributed by atoms with Crippen molar-refractivity contribution in [2.24, 2.45) is 5.73 Å². The molecule has 0 aliphatic rings. The van der Waals surface area contributed by atoms with Gasteiger partial charge in [-0.3, -0.25) is 4.79 Å². The number of hydrogen-bond donors (Lipinski definition) is 1. The summed E-state index contributed by atoms with van der Waals surface area (Å²) in [6.07, 6.45) is 8.87. The van der Waals surface area contributed by atoms with E-state index in [1.54, 1.807) is 0 Å². The first-order valence-corrected chi connectivity index (χ1v) is 3.44. The maximum absolute atomic E-state index is 10.3. The highest BCUT2D eigenvalue weighted by molar-refractivity contribution is 5.86. The number of carbonyl (C=O) groups excluding carboxylic acids is 1. The monoisotopic (exact) mass is 151 g/mol. The number of carbonyl (C=O) groups is 1. The SMILES string of the molecule is CC=CC=CC(C)=CC(N)=O. The Morgan fingerprint density at radius 3 is 2.45 bits per heavy atom. The quantitative estimate of drug-likeness (QED) is 0.482. The number of rotatable bonds is 3. The van der Waals surface area contributed by atoms with Crippen molar-refractivity contribution in [3.63, 3.8) is 0 Å². The Balaban J connectivity index is 4.05. The molecule has 0 unspecified atom stereocenters. The lowest BCUT2D eigenvalue weighted by Gasteiger charge is -1.86. The van der Waals surface area contributed by atoms with E-state index in [1.807, 2.05) is 38.2 Å². The third-order valence-electron chi connectivity index (χ3n) is 1.03. The fraction of sp³-hybridized carbons (Fsp3) is 0.222. The molecule has 0 rings (SSSR count). The van der Waals surface area contributed by atoms with Crippen LogP contribution < -0.4 is 5.73 Å². The van der Waals surface area contributed by atoms with Crippen molar-refractivity contribution in [1.29, 1.82) is 0 Å². The zero-order valence-electron chi connectivity index (χ0n) is 6.87. The molecule has 1 amide bonds. The molecule has 2 nitrogen and oxygen atoms in total. The molecule has 0 heterocycles. The maximum Gasteiger partial charge on any atom is 0.241 e. The first-order valence-electron chi connectivity index (χ1n) is 3.44. The predicted molar refractivity (Wildman–Crippen MR) is 46.9 cm³/mol. The first-order chi connectivity index (χ1) is 5.16. The molecule has 0 aliphatic carbocycles. The van der Waals surface area contributed by atoms with Gasteiger partial charge in [0.15, 0.2) is 0 Å². The molecule has 2 heteroatoms. The van der Waals surface area contributed by atoms with E-state index in [1.165, 1.54) is 6.08 Å². The molecule has 0 aromatic carbocycles. The first kappa shape index (κ1) is 9.69. The van der Waals surface area contributed by atoms with Gasteiger partial charge in [-0.15, -0.1) is 0 Å². The number of allylic oxidation sites excluding steroid dienone is 5. The third-order valence-corrected chi connectivity index (χ3v) is 1.03. The Bertz CT molecular complexity index is 212. The molecule has 0 atom stereocenters. The highest BCUT2D eigenvalue weighted by Crippen LogP contribution is 1.93. The molecule has 0 aliphatic heterocycles. The average molecular weight is 151 g/mol. The van der Waals surface area contributed by atoms with Crippen LogP contribution >= 0.6 is 0 Å². The fourth-order valence-electron chi connectivity index (χ4n) is 0.591. The molecular weight excluding hydrogens is 138 g/mol. The Hall–Kier alpha value is -1.31. The number of hydrogen-bond acceptors (Lipinski definition) is 1. The van der Waals surface area contributed by atoms with Gasteiger partial charge in [0.05, 0.1) is 0 Å². The highest BCUT2D eigenvalue weighted by atomic mass is 16.1. The third kappa shape index (κ3) is 6.58. The zero-order valence-corrected chi connectivity index (χ0v) is 6.87. The summed E-state index contributed by atoms with van der Waals surface area (Å²) in [5.41, 5.74) is 5.79. The summed E-state index contributed by atoms with van der Waals surface area (Å²) in [5.74, 6) is -0.410. The van der Waals surface area contributed by atoms with Crippen LogP contribution in [0, 0.1) is 0 Å². The Kier molecular flexibility index (Phi) is 4.82. The average Bonchev–Trinajstić information content (AvgIpc) is 1.86. The molecule has 0 bridgehead atoms. The van der Waals surface area contributed by atoms with Crippen molar-refractivity contribution < 1.29 is 4.79 Å². The normalized spacial score (nSPS) is 13.1. The summed E-state index contributed by atoms with van der Waals surface area (Å²) in [7, 11) is 0. The van der Waals surface area contributed by atoms with Gasteiger partial charge in [-0.05, 0) is 19.4 Å². The lowest BCUT2D eigenvalue weighted by Crippen LogP contribution is -2.06. The number of primary amides is 1. The standard InChI is InChI=1S/C9H13NO/c1-3-4-5-6-8(2)7-9(10)11/h3-7H,1-2H3,(H2,10,11). The van der Waals surface area contributed by atoms with E-state index in [0.29, 0.717) is 0 Å². The topological polar surface area (TPSA) is 43.1 Å². The van der Waals surface area contributed by atoms with E-state index in [2.05, 4.69) is 0 Å². The van der Waals surface area contributed by atoms with Crippen LogP contribution in [-0.2, 0) is 4.79 Å². The Labute approximate surface area is 67.1 Å². The zero-order chi connectivity index (χ0) is 8.69. The minimum atomic E-state index is -0.410. The molecule has 0 aromatic heterocycles. The lowest BCUT2D eigenvalue weighted by molar-refractivity contribution is -0.113. The minimum Gasteiger partial charge on any atom is -0.366 e. The van der Waals surface area contributed by atoms with E-state index >= 15 is 0 Å². The Morgan fingerprint density at radius 2 is 2.00 bits per heavy atom. The van der Waals surface area contributed by atoms with Crippen LogP contribution in [0.2, 0.25) is 0 Å². The fourth-order valence-corrected chi connectivity index (χ4v) is 0.591. The molecule has 0 fully saturated rings. The van der Waals surface area contributed by atoms with Crippen molar-refractivity contribution >= 4 is 5.91 Å². The maximum atomic E-state index is 10.3. The molecule has 11 heavy (non-hydrogen) atoms. The summed E-state index contributed by atoms with van der Waals surface area (Å²) in [6.45, 7) is 3.75. The van der Waals surface area contributed by atoms with Gasteiger partial charge >= 0.3 is 0 Å². The lowest BCUT2D eigenvalue weighted by atomic mass is 10.2. The van der Waals surface area contributed by atoms with Crippen molar-refractivity contribution in [2.45, 2.75) is 13.8 Å². The summed E-state index contributed by atoms with van der Waals surface area (Å²) >= 11 is 0. The second-order valence-electron chi connectivity index (χ2n) is 2.18. The molecule has 2 N–H and O–H groups in total. The molecule has 0 saturated heterocycles. The Morgan fingerprint density at radius 1 is 1.36 bits per heavy atom. The van der Waals surface area contributed by atoms with Gasteiger partial charge in [0, 0.05) is 6.08 Å². The summed E-state index contributed by atoms with van der Waals surface area (Å²) in [6, 6.07) is 0. The van der Waals surface area contributed by atoms with Gasteiger partial charge in [0.1, 0.15) is 0 Å². The number of nitrogens with two attached hydrogens (primary N) is 1. The van der Waals surface area contributed by atoms with E-state index in [9.17, 15) is 4.79 Å². The van der Waals surface area contributed by atoms with E-state index in [-0.39, 0.29) is 0 Å². The van der Waals surface area contributed by atoms with Crippen LogP contribution in [0.5, 0.6) is 0 Å². The van der Waals surface area contributed by atoms with Crippen LogP contribution in [0.3, 0.4) is 0 Å². The minimum absolute atomic E-state index is 0.410. The van der Waals surface area contributed by atoms with Gasteiger partial charge in [0.25, 0.3) is 0 Å². The molecular formula is C9H13NO. The number of amides is 1. The van der Waals surface area contributed by atoms with Crippen LogP contribution in [0.1, 0.15) is 13.8 Å². The van der Waals surface area contributed by atoms with Crippen LogP contribution in [0.4, 0.5) is 0 Å². The van der Waals surface area contributed by atoms with E-state index < -0.39 is 5.91 Å². The molecule has 0 radical (unpaired) electrons. The van der Waals surface area contributed by atoms with Gasteiger partial charge in [-0.25, -0.2) is 0 Å². The van der Waals surface area contributed by atoms with Crippen molar-refractivity contribution in [2.75, 3.05) is 0 Å². The van der Waals surface area contributed by atoms with Crippen LogP contribution in [-0.4, -0.2) is 5.91 Å².